The van der Waals surface area contributed by atoms with E-state index in [1.54, 1.807) is 37.3 Å². The Kier molecular flexibility index (Phi) is 5.65. The zero-order valence-corrected chi connectivity index (χ0v) is 10.6. The number of rotatable bonds is 5. The van der Waals surface area contributed by atoms with E-state index in [2.05, 4.69) is 18.4 Å². The number of ether oxygens (including phenoxy) is 1. The van der Waals surface area contributed by atoms with Gasteiger partial charge in [0.15, 0.2) is 6.10 Å². The van der Waals surface area contributed by atoms with Crippen molar-refractivity contribution in [2.75, 3.05) is 6.61 Å². The molecule has 19 heavy (non-hydrogen) atoms. The van der Waals surface area contributed by atoms with Crippen LogP contribution in [-0.4, -0.2) is 18.9 Å². The van der Waals surface area contributed by atoms with Crippen molar-refractivity contribution in [1.82, 2.24) is 0 Å². The van der Waals surface area contributed by atoms with Gasteiger partial charge in [-0.15, -0.1) is 12.5 Å². The Balaban J connectivity index is 2.99. The average Bonchev–Trinajstić information content (AvgIpc) is 2.38. The quantitative estimate of drug-likeness (QED) is 0.581. The zero-order valence-electron chi connectivity index (χ0n) is 10.6. The summed E-state index contributed by atoms with van der Waals surface area (Å²) in [6, 6.07) is 8.37. The molecular weight excluding hydrogens is 253 g/mol. The highest BCUT2D eigenvalue weighted by atomic mass is 19.4. The molecule has 102 valence electrons. The van der Waals surface area contributed by atoms with Crippen molar-refractivity contribution >= 4 is 0 Å². The molecule has 1 rings (SSSR count). The molecule has 0 spiro atoms. The van der Waals surface area contributed by atoms with E-state index in [9.17, 15) is 13.2 Å². The number of hydrogen-bond acceptors (Lipinski definition) is 1. The summed E-state index contributed by atoms with van der Waals surface area (Å²) in [6.07, 6.45) is -5.15. The first-order chi connectivity index (χ1) is 9.00. The minimum absolute atomic E-state index is 0.252. The van der Waals surface area contributed by atoms with Gasteiger partial charge in [0, 0.05) is 5.92 Å². The topological polar surface area (TPSA) is 9.23 Å². The Morgan fingerprint density at radius 1 is 1.32 bits per heavy atom. The van der Waals surface area contributed by atoms with Gasteiger partial charge in [-0.05, 0) is 12.5 Å². The SMILES string of the molecule is C=C[C@H](c1ccccc1)[C@H](OCC#CC)C(F)(F)F. The van der Waals surface area contributed by atoms with Crippen LogP contribution in [0.25, 0.3) is 0 Å². The lowest BCUT2D eigenvalue weighted by molar-refractivity contribution is -0.220. The highest BCUT2D eigenvalue weighted by molar-refractivity contribution is 5.25. The third kappa shape index (κ3) is 4.46. The first-order valence-electron chi connectivity index (χ1n) is 5.76. The summed E-state index contributed by atoms with van der Waals surface area (Å²) in [5.41, 5.74) is 0.518. The van der Waals surface area contributed by atoms with Gasteiger partial charge in [0.1, 0.15) is 6.61 Å². The van der Waals surface area contributed by atoms with Crippen LogP contribution in [-0.2, 0) is 4.74 Å². The molecule has 1 nitrogen and oxygen atoms in total. The minimum atomic E-state index is -4.47. The lowest BCUT2D eigenvalue weighted by Gasteiger charge is -2.26. The van der Waals surface area contributed by atoms with Gasteiger partial charge in [-0.1, -0.05) is 42.3 Å². The molecule has 4 heteroatoms. The van der Waals surface area contributed by atoms with Crippen molar-refractivity contribution in [3.8, 4) is 11.8 Å². The van der Waals surface area contributed by atoms with Gasteiger partial charge >= 0.3 is 6.18 Å². The summed E-state index contributed by atoms with van der Waals surface area (Å²) < 4.78 is 44.0. The van der Waals surface area contributed by atoms with E-state index in [4.69, 9.17) is 4.74 Å². The number of halogens is 3. The van der Waals surface area contributed by atoms with Gasteiger partial charge in [-0.2, -0.15) is 13.2 Å². The normalized spacial score (nSPS) is 14.1. The van der Waals surface area contributed by atoms with Gasteiger partial charge in [0.05, 0.1) is 0 Å². The predicted molar refractivity (Wildman–Crippen MR) is 68.6 cm³/mol. The molecule has 0 heterocycles. The van der Waals surface area contributed by atoms with Gasteiger partial charge in [-0.3, -0.25) is 0 Å². The fourth-order valence-electron chi connectivity index (χ4n) is 1.72. The van der Waals surface area contributed by atoms with Crippen LogP contribution in [0.4, 0.5) is 13.2 Å². The van der Waals surface area contributed by atoms with Crippen molar-refractivity contribution in [2.45, 2.75) is 25.1 Å². The largest absolute Gasteiger partial charge is 0.415 e. The van der Waals surface area contributed by atoms with E-state index in [-0.39, 0.29) is 6.61 Å². The molecule has 0 amide bonds. The fraction of sp³-hybridized carbons (Fsp3) is 0.333. The number of alkyl halides is 3. The van der Waals surface area contributed by atoms with Gasteiger partial charge in [-0.25, -0.2) is 0 Å². The van der Waals surface area contributed by atoms with Crippen molar-refractivity contribution in [3.63, 3.8) is 0 Å². The Bertz CT molecular complexity index is 454. The smallest absolute Gasteiger partial charge is 0.355 e. The molecule has 0 aliphatic rings. The molecule has 0 unspecified atom stereocenters. The van der Waals surface area contributed by atoms with E-state index in [1.165, 1.54) is 6.08 Å². The van der Waals surface area contributed by atoms with Crippen LogP contribution in [0.5, 0.6) is 0 Å². The molecule has 0 aliphatic carbocycles. The Morgan fingerprint density at radius 2 is 1.95 bits per heavy atom. The summed E-state index contributed by atoms with van der Waals surface area (Å²) in [5.74, 6) is 4.03. The van der Waals surface area contributed by atoms with E-state index < -0.39 is 18.2 Å². The van der Waals surface area contributed by atoms with Crippen LogP contribution in [0.2, 0.25) is 0 Å². The second-order valence-electron chi connectivity index (χ2n) is 3.87. The second kappa shape index (κ2) is 7.01. The maximum atomic E-state index is 13.0. The van der Waals surface area contributed by atoms with Crippen LogP contribution in [0.3, 0.4) is 0 Å². The molecular formula is C15H15F3O. The summed E-state index contributed by atoms with van der Waals surface area (Å²) in [7, 11) is 0. The van der Waals surface area contributed by atoms with E-state index in [1.807, 2.05) is 0 Å². The Morgan fingerprint density at radius 3 is 2.42 bits per heavy atom. The highest BCUT2D eigenvalue weighted by Crippen LogP contribution is 2.34. The summed E-state index contributed by atoms with van der Waals surface area (Å²) >= 11 is 0. The first-order valence-corrected chi connectivity index (χ1v) is 5.76. The molecule has 0 saturated carbocycles. The molecule has 0 aliphatic heterocycles. The van der Waals surface area contributed by atoms with E-state index in [0.717, 1.165) is 0 Å². The number of benzene rings is 1. The zero-order chi connectivity index (χ0) is 14.3. The van der Waals surface area contributed by atoms with Crippen LogP contribution in [0, 0.1) is 11.8 Å². The van der Waals surface area contributed by atoms with Gasteiger partial charge in [0.2, 0.25) is 0 Å². The third-order valence-electron chi connectivity index (χ3n) is 2.60. The maximum Gasteiger partial charge on any atom is 0.415 e. The minimum Gasteiger partial charge on any atom is -0.355 e. The van der Waals surface area contributed by atoms with Crippen LogP contribution >= 0.6 is 0 Å². The number of hydrogen-bond donors (Lipinski definition) is 0. The molecule has 1 aromatic rings. The lowest BCUT2D eigenvalue weighted by Crippen LogP contribution is -2.36. The fourth-order valence-corrected chi connectivity index (χ4v) is 1.72. The van der Waals surface area contributed by atoms with Crippen molar-refractivity contribution in [3.05, 3.63) is 48.6 Å². The maximum absolute atomic E-state index is 13.0. The highest BCUT2D eigenvalue weighted by Gasteiger charge is 2.45. The first kappa shape index (κ1) is 15.3. The molecule has 0 bridgehead atoms. The lowest BCUT2D eigenvalue weighted by atomic mass is 9.93. The van der Waals surface area contributed by atoms with E-state index in [0.29, 0.717) is 5.56 Å². The second-order valence-corrected chi connectivity index (χ2v) is 3.87. The molecule has 2 atom stereocenters. The van der Waals surface area contributed by atoms with Crippen LogP contribution < -0.4 is 0 Å². The molecule has 1 aromatic carbocycles. The molecule has 0 fully saturated rings. The average molecular weight is 268 g/mol. The standard InChI is InChI=1S/C15H15F3O/c1-3-5-11-19-14(15(16,17)18)13(4-2)12-9-7-6-8-10-12/h4,6-10,13-14H,2,11H2,1H3/t13-,14+/m1/s1. The Labute approximate surface area is 111 Å². The molecule has 0 saturated heterocycles. The Hall–Kier alpha value is -1.73. The molecule has 0 aromatic heterocycles. The third-order valence-corrected chi connectivity index (χ3v) is 2.60. The van der Waals surface area contributed by atoms with Gasteiger partial charge < -0.3 is 4.74 Å². The van der Waals surface area contributed by atoms with Crippen LogP contribution in [0.1, 0.15) is 18.4 Å². The summed E-state index contributed by atoms with van der Waals surface area (Å²) in [6.45, 7) is 4.78. The molecule has 0 radical (unpaired) electrons. The monoisotopic (exact) mass is 268 g/mol. The van der Waals surface area contributed by atoms with Crippen LogP contribution in [0.15, 0.2) is 43.0 Å². The van der Waals surface area contributed by atoms with Crippen molar-refractivity contribution < 1.29 is 17.9 Å². The van der Waals surface area contributed by atoms with Gasteiger partial charge in [0.25, 0.3) is 0 Å². The van der Waals surface area contributed by atoms with Crippen molar-refractivity contribution in [1.29, 1.82) is 0 Å². The van der Waals surface area contributed by atoms with E-state index >= 15 is 0 Å². The predicted octanol–water partition coefficient (Wildman–Crippen LogP) is 3.93. The molecule has 0 N–H and O–H groups in total. The summed E-state index contributed by atoms with van der Waals surface area (Å²) in [5, 5.41) is 0. The summed E-state index contributed by atoms with van der Waals surface area (Å²) in [4.78, 5) is 0. The van der Waals surface area contributed by atoms with Crippen molar-refractivity contribution in [2.24, 2.45) is 0 Å².